The monoisotopic (exact) mass is 428 g/mol. The van der Waals surface area contributed by atoms with Gasteiger partial charge in [-0.25, -0.2) is 4.39 Å². The molecule has 5 rings (SSSR count). The molecule has 1 saturated carbocycles. The number of fused-ring (bicyclic) bond motifs is 1. The Bertz CT molecular complexity index is 959. The van der Waals surface area contributed by atoms with E-state index < -0.39 is 47.3 Å². The van der Waals surface area contributed by atoms with Crippen LogP contribution in [-0.2, 0) is 25.7 Å². The SMILES string of the molecule is O=C(O)C1C2C=CC3(O2)C1C(=O)N(Cc1ccccc1F)C3C(=O)NC1CCCCC1. The first kappa shape index (κ1) is 20.2. The molecule has 1 aliphatic carbocycles. The normalized spacial score (nSPS) is 34.2. The summed E-state index contributed by atoms with van der Waals surface area (Å²) in [6, 6.07) is 5.05. The molecule has 2 N–H and O–H groups in total. The van der Waals surface area contributed by atoms with Gasteiger partial charge in [-0.05, 0) is 18.9 Å². The molecule has 2 saturated heterocycles. The molecule has 0 radical (unpaired) electrons. The lowest BCUT2D eigenvalue weighted by Crippen LogP contribution is -2.56. The number of benzene rings is 1. The number of hydrogen-bond donors (Lipinski definition) is 2. The van der Waals surface area contributed by atoms with Crippen LogP contribution in [0.15, 0.2) is 36.4 Å². The van der Waals surface area contributed by atoms with E-state index in [4.69, 9.17) is 4.74 Å². The first-order valence-corrected chi connectivity index (χ1v) is 10.9. The van der Waals surface area contributed by atoms with Gasteiger partial charge in [0.15, 0.2) is 0 Å². The van der Waals surface area contributed by atoms with E-state index in [0.29, 0.717) is 0 Å². The van der Waals surface area contributed by atoms with Crippen LogP contribution in [-0.4, -0.2) is 51.6 Å². The minimum atomic E-state index is -1.34. The van der Waals surface area contributed by atoms with Crippen LogP contribution in [0.4, 0.5) is 4.39 Å². The van der Waals surface area contributed by atoms with Crippen LogP contribution in [0.3, 0.4) is 0 Å². The number of rotatable bonds is 5. The maximum absolute atomic E-state index is 14.4. The molecular weight excluding hydrogens is 403 g/mol. The first-order chi connectivity index (χ1) is 14.9. The van der Waals surface area contributed by atoms with Gasteiger partial charge in [-0.15, -0.1) is 0 Å². The third-order valence-electron chi connectivity index (χ3n) is 7.16. The highest BCUT2D eigenvalue weighted by Crippen LogP contribution is 2.55. The smallest absolute Gasteiger partial charge is 0.310 e. The lowest BCUT2D eigenvalue weighted by atomic mass is 9.74. The Morgan fingerprint density at radius 1 is 1.23 bits per heavy atom. The first-order valence-electron chi connectivity index (χ1n) is 10.9. The van der Waals surface area contributed by atoms with Gasteiger partial charge in [-0.2, -0.15) is 0 Å². The molecule has 3 heterocycles. The largest absolute Gasteiger partial charge is 0.481 e. The number of amides is 2. The van der Waals surface area contributed by atoms with Gasteiger partial charge in [0.1, 0.15) is 23.4 Å². The summed E-state index contributed by atoms with van der Waals surface area (Å²) in [7, 11) is 0. The lowest BCUT2D eigenvalue weighted by Gasteiger charge is -2.34. The number of nitrogens with zero attached hydrogens (tertiary/aromatic N) is 1. The second kappa shape index (κ2) is 7.44. The fourth-order valence-electron chi connectivity index (χ4n) is 5.76. The quantitative estimate of drug-likeness (QED) is 0.700. The average Bonchev–Trinajstić information content (AvgIpc) is 3.38. The van der Waals surface area contributed by atoms with E-state index >= 15 is 0 Å². The molecule has 3 fully saturated rings. The molecule has 8 heteroatoms. The zero-order valence-corrected chi connectivity index (χ0v) is 17.0. The zero-order valence-electron chi connectivity index (χ0n) is 17.0. The standard InChI is InChI=1S/C23H25FN2O5/c24-15-9-5-4-6-13(15)12-26-19(20(27)25-14-7-2-1-3-8-14)23-11-10-16(31-23)17(22(29)30)18(23)21(26)28/h4-6,9-11,14,16-19H,1-3,7-8,12H2,(H,25,27)(H,29,30). The second-order valence-electron chi connectivity index (χ2n) is 8.94. The number of carboxylic acid groups (broad SMARTS) is 1. The van der Waals surface area contributed by atoms with Crippen molar-refractivity contribution in [1.29, 1.82) is 0 Å². The number of ether oxygens (including phenoxy) is 1. The maximum atomic E-state index is 14.4. The third-order valence-corrected chi connectivity index (χ3v) is 7.16. The molecule has 5 unspecified atom stereocenters. The molecule has 2 amide bonds. The van der Waals surface area contributed by atoms with Crippen molar-refractivity contribution in [3.05, 3.63) is 47.8 Å². The van der Waals surface area contributed by atoms with Crippen LogP contribution in [0.5, 0.6) is 0 Å². The summed E-state index contributed by atoms with van der Waals surface area (Å²) in [5.41, 5.74) is -1.07. The molecule has 1 aromatic carbocycles. The molecule has 3 aliphatic heterocycles. The summed E-state index contributed by atoms with van der Waals surface area (Å²) in [4.78, 5) is 40.2. The van der Waals surface area contributed by atoms with Crippen molar-refractivity contribution in [3.8, 4) is 0 Å². The number of hydrogen-bond acceptors (Lipinski definition) is 4. The predicted molar refractivity (Wildman–Crippen MR) is 107 cm³/mol. The highest BCUT2D eigenvalue weighted by Gasteiger charge is 2.73. The van der Waals surface area contributed by atoms with E-state index in [1.54, 1.807) is 30.4 Å². The number of likely N-dealkylation sites (tertiary alicyclic amines) is 1. The van der Waals surface area contributed by atoms with Crippen LogP contribution < -0.4 is 5.32 Å². The molecule has 5 atom stereocenters. The van der Waals surface area contributed by atoms with E-state index in [1.807, 2.05) is 0 Å². The topological polar surface area (TPSA) is 95.9 Å². The summed E-state index contributed by atoms with van der Waals surface area (Å²) in [5.74, 6) is -4.52. The van der Waals surface area contributed by atoms with E-state index in [-0.39, 0.29) is 24.1 Å². The van der Waals surface area contributed by atoms with E-state index in [2.05, 4.69) is 5.32 Å². The molecule has 1 spiro atoms. The molecule has 2 bridgehead atoms. The number of nitrogens with one attached hydrogen (secondary N) is 1. The van der Waals surface area contributed by atoms with Gasteiger partial charge in [0, 0.05) is 18.2 Å². The van der Waals surface area contributed by atoms with E-state index in [0.717, 1.165) is 32.1 Å². The van der Waals surface area contributed by atoms with Gasteiger partial charge in [0.2, 0.25) is 11.8 Å². The van der Waals surface area contributed by atoms with Crippen molar-refractivity contribution < 1.29 is 28.6 Å². The van der Waals surface area contributed by atoms with Gasteiger partial charge in [0.05, 0.1) is 12.0 Å². The maximum Gasteiger partial charge on any atom is 0.310 e. The van der Waals surface area contributed by atoms with Crippen molar-refractivity contribution in [2.75, 3.05) is 0 Å². The molecule has 0 aromatic heterocycles. The minimum Gasteiger partial charge on any atom is -0.481 e. The summed E-state index contributed by atoms with van der Waals surface area (Å²) in [6.07, 6.45) is 7.49. The summed E-state index contributed by atoms with van der Waals surface area (Å²) in [6.45, 7) is -0.124. The van der Waals surface area contributed by atoms with Crippen molar-refractivity contribution in [3.63, 3.8) is 0 Å². The van der Waals surface area contributed by atoms with Crippen LogP contribution in [0, 0.1) is 17.7 Å². The third kappa shape index (κ3) is 3.07. The van der Waals surface area contributed by atoms with Gasteiger partial charge >= 0.3 is 5.97 Å². The molecule has 4 aliphatic rings. The lowest BCUT2D eigenvalue weighted by molar-refractivity contribution is -0.149. The van der Waals surface area contributed by atoms with Crippen LogP contribution >= 0.6 is 0 Å². The summed E-state index contributed by atoms with van der Waals surface area (Å²) >= 11 is 0. The Balaban J connectivity index is 1.51. The van der Waals surface area contributed by atoms with Crippen molar-refractivity contribution >= 4 is 17.8 Å². The summed E-state index contributed by atoms with van der Waals surface area (Å²) < 4.78 is 20.4. The number of carboxylic acids is 1. The Kier molecular flexibility index (Phi) is 4.84. The molecule has 1 aromatic rings. The fourth-order valence-corrected chi connectivity index (χ4v) is 5.76. The number of halogens is 1. The minimum absolute atomic E-state index is 0.0139. The van der Waals surface area contributed by atoms with Crippen molar-refractivity contribution in [1.82, 2.24) is 10.2 Å². The van der Waals surface area contributed by atoms with Gasteiger partial charge in [-0.3, -0.25) is 14.4 Å². The molecular formula is C23H25FN2O5. The highest BCUT2D eigenvalue weighted by molar-refractivity contribution is 5.99. The Labute approximate surface area is 179 Å². The van der Waals surface area contributed by atoms with Crippen LogP contribution in [0.25, 0.3) is 0 Å². The summed E-state index contributed by atoms with van der Waals surface area (Å²) in [5, 5.41) is 12.8. The molecule has 31 heavy (non-hydrogen) atoms. The number of aliphatic carboxylic acids is 1. The Hall–Kier alpha value is -2.74. The van der Waals surface area contributed by atoms with Gasteiger partial charge in [-0.1, -0.05) is 49.6 Å². The van der Waals surface area contributed by atoms with Crippen molar-refractivity contribution in [2.24, 2.45) is 11.8 Å². The number of carbonyl (C=O) groups is 3. The average molecular weight is 428 g/mol. The second-order valence-corrected chi connectivity index (χ2v) is 8.94. The number of carbonyl (C=O) groups excluding carboxylic acids is 2. The molecule has 7 nitrogen and oxygen atoms in total. The fraction of sp³-hybridized carbons (Fsp3) is 0.522. The van der Waals surface area contributed by atoms with E-state index in [9.17, 15) is 23.9 Å². The predicted octanol–water partition coefficient (Wildman–Crippen LogP) is 2.01. The van der Waals surface area contributed by atoms with Gasteiger partial charge in [0.25, 0.3) is 0 Å². The highest BCUT2D eigenvalue weighted by atomic mass is 19.1. The Morgan fingerprint density at radius 3 is 2.68 bits per heavy atom. The van der Waals surface area contributed by atoms with E-state index in [1.165, 1.54) is 11.0 Å². The van der Waals surface area contributed by atoms with Crippen LogP contribution in [0.1, 0.15) is 37.7 Å². The van der Waals surface area contributed by atoms with Crippen molar-refractivity contribution in [2.45, 2.75) is 62.4 Å². The van der Waals surface area contributed by atoms with Crippen LogP contribution in [0.2, 0.25) is 0 Å². The molecule has 164 valence electrons. The zero-order chi connectivity index (χ0) is 21.8. The Morgan fingerprint density at radius 2 is 1.97 bits per heavy atom. The van der Waals surface area contributed by atoms with Gasteiger partial charge < -0.3 is 20.1 Å².